The minimum atomic E-state index is -0.369. The van der Waals surface area contributed by atoms with Crippen molar-refractivity contribution in [2.45, 2.75) is 59.0 Å². The van der Waals surface area contributed by atoms with Crippen LogP contribution in [0, 0.1) is 11.3 Å². The van der Waals surface area contributed by atoms with E-state index in [4.69, 9.17) is 0 Å². The number of hydrogen-bond donors (Lipinski definition) is 2. The van der Waals surface area contributed by atoms with Gasteiger partial charge in [0.1, 0.15) is 0 Å². The first kappa shape index (κ1) is 13.5. The Hall–Kier alpha value is -0.570. The maximum absolute atomic E-state index is 11.6. The number of carbonyl (C=O) groups excluding carboxylic acids is 1. The molecule has 1 fully saturated rings. The van der Waals surface area contributed by atoms with Gasteiger partial charge in [-0.1, -0.05) is 40.0 Å². The van der Waals surface area contributed by atoms with Crippen molar-refractivity contribution >= 4 is 5.91 Å². The molecule has 1 saturated carbocycles. The average Bonchev–Trinajstić information content (AvgIpc) is 2.25. The van der Waals surface area contributed by atoms with Crippen LogP contribution in [0.4, 0.5) is 0 Å². The Labute approximate surface area is 98.6 Å². The van der Waals surface area contributed by atoms with Gasteiger partial charge < -0.3 is 10.4 Å². The van der Waals surface area contributed by atoms with Crippen molar-refractivity contribution in [1.82, 2.24) is 5.32 Å². The van der Waals surface area contributed by atoms with Gasteiger partial charge in [-0.3, -0.25) is 4.79 Å². The summed E-state index contributed by atoms with van der Waals surface area (Å²) >= 11 is 0. The number of hydrogen-bond acceptors (Lipinski definition) is 2. The molecule has 0 aromatic rings. The molecule has 1 aliphatic rings. The van der Waals surface area contributed by atoms with Gasteiger partial charge in [-0.25, -0.2) is 0 Å². The highest BCUT2D eigenvalue weighted by Crippen LogP contribution is 2.26. The van der Waals surface area contributed by atoms with Gasteiger partial charge in [0.25, 0.3) is 0 Å². The molecule has 0 aliphatic heterocycles. The van der Waals surface area contributed by atoms with Gasteiger partial charge >= 0.3 is 0 Å². The molecule has 0 aromatic carbocycles. The molecule has 3 nitrogen and oxygen atoms in total. The zero-order valence-electron chi connectivity index (χ0n) is 10.8. The third-order valence-corrected chi connectivity index (χ3v) is 3.35. The van der Waals surface area contributed by atoms with E-state index in [0.717, 1.165) is 12.8 Å². The van der Waals surface area contributed by atoms with Crippen LogP contribution in [0.3, 0.4) is 0 Å². The number of rotatable bonds is 3. The highest BCUT2D eigenvalue weighted by molar-refractivity contribution is 5.81. The number of aliphatic hydroxyl groups is 1. The van der Waals surface area contributed by atoms with Gasteiger partial charge in [0, 0.05) is 12.0 Å². The molecule has 94 valence electrons. The summed E-state index contributed by atoms with van der Waals surface area (Å²) in [6.07, 6.45) is 5.56. The highest BCUT2D eigenvalue weighted by Gasteiger charge is 2.25. The summed E-state index contributed by atoms with van der Waals surface area (Å²) in [5.74, 6) is 0.399. The third kappa shape index (κ3) is 4.12. The van der Waals surface area contributed by atoms with Gasteiger partial charge in [-0.05, 0) is 18.8 Å². The van der Waals surface area contributed by atoms with Gasteiger partial charge in [0.2, 0.25) is 5.91 Å². The average molecular weight is 227 g/mol. The van der Waals surface area contributed by atoms with Crippen LogP contribution in [-0.4, -0.2) is 23.7 Å². The molecule has 2 N–H and O–H groups in total. The molecule has 0 spiro atoms. The highest BCUT2D eigenvalue weighted by atomic mass is 16.3. The number of carbonyl (C=O) groups is 1. The lowest BCUT2D eigenvalue weighted by molar-refractivity contribution is -0.129. The lowest BCUT2D eigenvalue weighted by Gasteiger charge is -2.27. The Kier molecular flexibility index (Phi) is 4.78. The van der Waals surface area contributed by atoms with Crippen molar-refractivity contribution in [3.63, 3.8) is 0 Å². The Balaban J connectivity index is 2.29. The minimum Gasteiger partial charge on any atom is -0.391 e. The fraction of sp³-hybridized carbons (Fsp3) is 0.923. The summed E-state index contributed by atoms with van der Waals surface area (Å²) in [4.78, 5) is 11.6. The molecule has 0 unspecified atom stereocenters. The van der Waals surface area contributed by atoms with E-state index < -0.39 is 0 Å². The summed E-state index contributed by atoms with van der Waals surface area (Å²) in [6.45, 7) is 6.06. The molecule has 1 aliphatic carbocycles. The van der Waals surface area contributed by atoms with Crippen molar-refractivity contribution in [3.8, 4) is 0 Å². The molecule has 0 bridgehead atoms. The van der Waals surface area contributed by atoms with Gasteiger partial charge in [0.05, 0.1) is 6.10 Å². The predicted octanol–water partition coefficient (Wildman–Crippen LogP) is 2.09. The lowest BCUT2D eigenvalue weighted by Crippen LogP contribution is -2.41. The van der Waals surface area contributed by atoms with Gasteiger partial charge in [0.15, 0.2) is 0 Å². The van der Waals surface area contributed by atoms with Crippen LogP contribution in [0.1, 0.15) is 52.9 Å². The SMILES string of the molecule is CC(C)(C)C(=O)NC[C@H](O)C1CCCCC1. The first-order valence-electron chi connectivity index (χ1n) is 6.37. The predicted molar refractivity (Wildman–Crippen MR) is 65.0 cm³/mol. The number of aliphatic hydroxyl groups excluding tert-OH is 1. The largest absolute Gasteiger partial charge is 0.391 e. The minimum absolute atomic E-state index is 0.0161. The van der Waals surface area contributed by atoms with E-state index in [-0.39, 0.29) is 17.4 Å². The second-order valence-corrected chi connectivity index (χ2v) is 5.93. The molecule has 0 saturated heterocycles. The van der Waals surface area contributed by atoms with Crippen molar-refractivity contribution < 1.29 is 9.90 Å². The lowest BCUT2D eigenvalue weighted by atomic mass is 9.85. The first-order chi connectivity index (χ1) is 7.41. The van der Waals surface area contributed by atoms with E-state index in [1.807, 2.05) is 20.8 Å². The fourth-order valence-electron chi connectivity index (χ4n) is 2.15. The van der Waals surface area contributed by atoms with Crippen LogP contribution >= 0.6 is 0 Å². The quantitative estimate of drug-likeness (QED) is 0.775. The topological polar surface area (TPSA) is 49.3 Å². The zero-order valence-corrected chi connectivity index (χ0v) is 10.8. The van der Waals surface area contributed by atoms with Crippen molar-refractivity contribution in [3.05, 3.63) is 0 Å². The molecule has 1 rings (SSSR count). The zero-order chi connectivity index (χ0) is 12.2. The van der Waals surface area contributed by atoms with Gasteiger partial charge in [-0.15, -0.1) is 0 Å². The van der Waals surface area contributed by atoms with Crippen LogP contribution in [0.2, 0.25) is 0 Å². The smallest absolute Gasteiger partial charge is 0.225 e. The maximum atomic E-state index is 11.6. The van der Waals surface area contributed by atoms with E-state index in [9.17, 15) is 9.90 Å². The molecule has 0 radical (unpaired) electrons. The third-order valence-electron chi connectivity index (χ3n) is 3.35. The molecular weight excluding hydrogens is 202 g/mol. The van der Waals surface area contributed by atoms with E-state index in [2.05, 4.69) is 5.32 Å². The normalized spacial score (nSPS) is 20.5. The second-order valence-electron chi connectivity index (χ2n) is 5.93. The summed E-state index contributed by atoms with van der Waals surface area (Å²) < 4.78 is 0. The molecule has 1 amide bonds. The van der Waals surface area contributed by atoms with Crippen LogP contribution in [0.25, 0.3) is 0 Å². The number of nitrogens with one attached hydrogen (secondary N) is 1. The van der Waals surface area contributed by atoms with Crippen LogP contribution < -0.4 is 5.32 Å². The summed E-state index contributed by atoms with van der Waals surface area (Å²) in [7, 11) is 0. The second kappa shape index (κ2) is 5.67. The van der Waals surface area contributed by atoms with E-state index in [1.54, 1.807) is 0 Å². The summed E-state index contributed by atoms with van der Waals surface area (Å²) in [5, 5.41) is 12.8. The Morgan fingerprint density at radius 1 is 1.31 bits per heavy atom. The first-order valence-corrected chi connectivity index (χ1v) is 6.37. The van der Waals surface area contributed by atoms with Crippen molar-refractivity contribution in [1.29, 1.82) is 0 Å². The Morgan fingerprint density at radius 3 is 2.38 bits per heavy atom. The molecule has 3 heteroatoms. The molecule has 1 atom stereocenters. The standard InChI is InChI=1S/C13H25NO2/c1-13(2,3)12(16)14-9-11(15)10-7-5-4-6-8-10/h10-11,15H,4-9H2,1-3H3,(H,14,16)/t11-/m0/s1. The van der Waals surface area contributed by atoms with Crippen LogP contribution in [0.5, 0.6) is 0 Å². The van der Waals surface area contributed by atoms with E-state index in [1.165, 1.54) is 19.3 Å². The van der Waals surface area contributed by atoms with Gasteiger partial charge in [-0.2, -0.15) is 0 Å². The number of amides is 1. The molecule has 16 heavy (non-hydrogen) atoms. The van der Waals surface area contributed by atoms with Crippen LogP contribution in [-0.2, 0) is 4.79 Å². The molecule has 0 aromatic heterocycles. The molecule has 0 heterocycles. The van der Waals surface area contributed by atoms with E-state index >= 15 is 0 Å². The van der Waals surface area contributed by atoms with Crippen molar-refractivity contribution in [2.75, 3.05) is 6.54 Å². The molecular formula is C13H25NO2. The summed E-state index contributed by atoms with van der Waals surface area (Å²) in [6, 6.07) is 0. The van der Waals surface area contributed by atoms with Crippen molar-refractivity contribution in [2.24, 2.45) is 11.3 Å². The van der Waals surface area contributed by atoms with Crippen LogP contribution in [0.15, 0.2) is 0 Å². The summed E-state index contributed by atoms with van der Waals surface area (Å²) in [5.41, 5.74) is -0.369. The van der Waals surface area contributed by atoms with E-state index in [0.29, 0.717) is 12.5 Å². The fourth-order valence-corrected chi connectivity index (χ4v) is 2.15. The Morgan fingerprint density at radius 2 is 1.88 bits per heavy atom. The Bertz CT molecular complexity index is 227. The maximum Gasteiger partial charge on any atom is 0.225 e. The monoisotopic (exact) mass is 227 g/mol.